The Morgan fingerprint density at radius 3 is 3.04 bits per heavy atom. The molecule has 0 bridgehead atoms. The minimum absolute atomic E-state index is 0.254. The highest BCUT2D eigenvalue weighted by atomic mass is 32.1. The van der Waals surface area contributed by atoms with Gasteiger partial charge in [0.25, 0.3) is 0 Å². The van der Waals surface area contributed by atoms with Crippen molar-refractivity contribution in [2.45, 2.75) is 39.5 Å². The second-order valence-corrected chi connectivity index (χ2v) is 7.49. The van der Waals surface area contributed by atoms with Gasteiger partial charge in [-0.15, -0.1) is 11.3 Å². The minimum Gasteiger partial charge on any atom is -0.376 e. The van der Waals surface area contributed by atoms with Crippen LogP contribution in [0.1, 0.15) is 36.5 Å². The maximum absolute atomic E-state index is 5.71. The number of morpholine rings is 1. The smallest absolute Gasteiger partial charge is 0.223 e. The Balaban J connectivity index is 1.66. The van der Waals surface area contributed by atoms with E-state index in [1.165, 1.54) is 4.88 Å². The summed E-state index contributed by atoms with van der Waals surface area (Å²) in [6, 6.07) is 4.59. The summed E-state index contributed by atoms with van der Waals surface area (Å²) in [5.74, 6) is 1.89. The van der Waals surface area contributed by atoms with Crippen molar-refractivity contribution in [3.63, 3.8) is 0 Å². The van der Waals surface area contributed by atoms with Gasteiger partial charge >= 0.3 is 0 Å². The second-order valence-electron chi connectivity index (χ2n) is 6.51. The lowest BCUT2D eigenvalue weighted by Gasteiger charge is -2.37. The standard InChI is InChI=1S/C18H28N6O2S/c1-4-19-18(21-11-17-22-14(3)26-23-17)20-10-15(16-6-5-9-27-16)24-7-8-25-13(2)12-24/h5-6,9,13,15H,4,7-8,10-12H2,1-3H3,(H2,19,20,21). The van der Waals surface area contributed by atoms with E-state index in [9.17, 15) is 0 Å². The van der Waals surface area contributed by atoms with Gasteiger partial charge in [-0.25, -0.2) is 4.99 Å². The summed E-state index contributed by atoms with van der Waals surface area (Å²) < 4.78 is 10.7. The van der Waals surface area contributed by atoms with Crippen molar-refractivity contribution >= 4 is 17.3 Å². The van der Waals surface area contributed by atoms with Gasteiger partial charge in [0, 0.05) is 38.0 Å². The van der Waals surface area contributed by atoms with Gasteiger partial charge in [0.2, 0.25) is 5.89 Å². The van der Waals surface area contributed by atoms with Crippen LogP contribution in [0.4, 0.5) is 0 Å². The van der Waals surface area contributed by atoms with Gasteiger partial charge in [-0.3, -0.25) is 4.90 Å². The molecular formula is C18H28N6O2S. The third kappa shape index (κ3) is 5.75. The van der Waals surface area contributed by atoms with E-state index in [0.717, 1.165) is 38.7 Å². The van der Waals surface area contributed by atoms with Crippen LogP contribution in [-0.4, -0.2) is 59.9 Å². The Morgan fingerprint density at radius 2 is 2.37 bits per heavy atom. The first-order valence-corrected chi connectivity index (χ1v) is 10.2. The van der Waals surface area contributed by atoms with Crippen LogP contribution in [0.15, 0.2) is 27.0 Å². The van der Waals surface area contributed by atoms with Crippen LogP contribution in [0, 0.1) is 6.92 Å². The first kappa shape index (κ1) is 19.8. The van der Waals surface area contributed by atoms with Crippen LogP contribution in [0.3, 0.4) is 0 Å². The van der Waals surface area contributed by atoms with Crippen molar-refractivity contribution in [2.24, 2.45) is 4.99 Å². The number of hydrogen-bond donors (Lipinski definition) is 2. The molecule has 0 radical (unpaired) electrons. The van der Waals surface area contributed by atoms with Crippen LogP contribution in [0.25, 0.3) is 0 Å². The van der Waals surface area contributed by atoms with E-state index in [-0.39, 0.29) is 12.1 Å². The predicted molar refractivity (Wildman–Crippen MR) is 106 cm³/mol. The number of guanidine groups is 1. The number of rotatable bonds is 7. The fourth-order valence-corrected chi connectivity index (χ4v) is 3.97. The van der Waals surface area contributed by atoms with Gasteiger partial charge in [0.15, 0.2) is 11.8 Å². The SMILES string of the molecule is CCNC(=NCc1noc(C)n1)NCC(c1cccs1)N1CCOC(C)C1. The van der Waals surface area contributed by atoms with Crippen LogP contribution >= 0.6 is 11.3 Å². The quantitative estimate of drug-likeness (QED) is 0.550. The topological polar surface area (TPSA) is 87.8 Å². The molecule has 1 fully saturated rings. The molecule has 8 nitrogen and oxygen atoms in total. The van der Waals surface area contributed by atoms with Crippen molar-refractivity contribution in [1.29, 1.82) is 0 Å². The summed E-state index contributed by atoms with van der Waals surface area (Å²) in [5, 5.41) is 12.8. The summed E-state index contributed by atoms with van der Waals surface area (Å²) >= 11 is 1.79. The maximum atomic E-state index is 5.71. The molecule has 2 N–H and O–H groups in total. The first-order valence-electron chi connectivity index (χ1n) is 9.36. The van der Waals surface area contributed by atoms with Gasteiger partial charge in [-0.2, -0.15) is 4.98 Å². The molecule has 0 aromatic carbocycles. The van der Waals surface area contributed by atoms with Gasteiger partial charge < -0.3 is 19.9 Å². The molecule has 3 heterocycles. The van der Waals surface area contributed by atoms with E-state index in [1.54, 1.807) is 18.3 Å². The molecule has 0 aliphatic carbocycles. The molecule has 2 aromatic rings. The summed E-state index contributed by atoms with van der Waals surface area (Å²) in [7, 11) is 0. The Bertz CT molecular complexity index is 717. The molecule has 0 amide bonds. The number of aliphatic imine (C=N–C) groups is 1. The van der Waals surface area contributed by atoms with Gasteiger partial charge in [0.05, 0.1) is 18.8 Å². The molecular weight excluding hydrogens is 364 g/mol. The highest BCUT2D eigenvalue weighted by Gasteiger charge is 2.26. The van der Waals surface area contributed by atoms with Crippen molar-refractivity contribution in [3.05, 3.63) is 34.1 Å². The number of aryl methyl sites for hydroxylation is 1. The van der Waals surface area contributed by atoms with Gasteiger partial charge in [0.1, 0.15) is 6.54 Å². The van der Waals surface area contributed by atoms with Crippen LogP contribution in [0.2, 0.25) is 0 Å². The molecule has 1 aliphatic heterocycles. The van der Waals surface area contributed by atoms with Crippen molar-refractivity contribution in [3.8, 4) is 0 Å². The molecule has 0 spiro atoms. The van der Waals surface area contributed by atoms with Crippen LogP contribution in [0.5, 0.6) is 0 Å². The Kier molecular flexibility index (Phi) is 7.19. The number of hydrogen-bond acceptors (Lipinski definition) is 7. The van der Waals surface area contributed by atoms with E-state index < -0.39 is 0 Å². The highest BCUT2D eigenvalue weighted by Crippen LogP contribution is 2.26. The maximum Gasteiger partial charge on any atom is 0.223 e. The van der Waals surface area contributed by atoms with E-state index >= 15 is 0 Å². The molecule has 27 heavy (non-hydrogen) atoms. The Morgan fingerprint density at radius 1 is 1.48 bits per heavy atom. The predicted octanol–water partition coefficient (Wildman–Crippen LogP) is 1.96. The lowest BCUT2D eigenvalue weighted by atomic mass is 10.1. The molecule has 2 aromatic heterocycles. The summed E-state index contributed by atoms with van der Waals surface area (Å²) in [6.07, 6.45) is 0.254. The largest absolute Gasteiger partial charge is 0.376 e. The molecule has 1 aliphatic rings. The summed E-state index contributed by atoms with van der Waals surface area (Å²) in [5.41, 5.74) is 0. The average molecular weight is 393 g/mol. The zero-order valence-corrected chi connectivity index (χ0v) is 17.0. The average Bonchev–Trinajstić information content (AvgIpc) is 3.32. The zero-order valence-electron chi connectivity index (χ0n) is 16.1. The Hall–Kier alpha value is -1.97. The monoisotopic (exact) mass is 392 g/mol. The second kappa shape index (κ2) is 9.82. The number of thiophene rings is 1. The minimum atomic E-state index is 0.254. The molecule has 0 saturated carbocycles. The zero-order chi connectivity index (χ0) is 19.1. The van der Waals surface area contributed by atoms with E-state index in [4.69, 9.17) is 9.26 Å². The summed E-state index contributed by atoms with van der Waals surface area (Å²) in [4.78, 5) is 12.6. The number of nitrogens with one attached hydrogen (secondary N) is 2. The number of aromatic nitrogens is 2. The van der Waals surface area contributed by atoms with Crippen molar-refractivity contribution in [1.82, 2.24) is 25.7 Å². The van der Waals surface area contributed by atoms with E-state index in [1.807, 2.05) is 0 Å². The van der Waals surface area contributed by atoms with Gasteiger partial charge in [-0.05, 0) is 25.3 Å². The third-order valence-corrected chi connectivity index (χ3v) is 5.31. The fraction of sp³-hybridized carbons (Fsp3) is 0.611. The third-order valence-electron chi connectivity index (χ3n) is 4.34. The normalized spacial score (nSPS) is 19.8. The van der Waals surface area contributed by atoms with Crippen LogP contribution < -0.4 is 10.6 Å². The van der Waals surface area contributed by atoms with E-state index in [0.29, 0.717) is 18.3 Å². The molecule has 9 heteroatoms. The first-order chi connectivity index (χ1) is 13.2. The van der Waals surface area contributed by atoms with Crippen molar-refractivity contribution in [2.75, 3.05) is 32.8 Å². The molecule has 2 unspecified atom stereocenters. The number of ether oxygens (including phenoxy) is 1. The van der Waals surface area contributed by atoms with Crippen LogP contribution in [-0.2, 0) is 11.3 Å². The lowest BCUT2D eigenvalue weighted by molar-refractivity contribution is -0.0334. The van der Waals surface area contributed by atoms with Gasteiger partial charge in [-0.1, -0.05) is 11.2 Å². The number of nitrogens with zero attached hydrogens (tertiary/aromatic N) is 4. The summed E-state index contributed by atoms with van der Waals surface area (Å²) in [6.45, 7) is 10.5. The molecule has 3 rings (SSSR count). The highest BCUT2D eigenvalue weighted by molar-refractivity contribution is 7.10. The molecule has 1 saturated heterocycles. The molecule has 148 valence electrons. The van der Waals surface area contributed by atoms with E-state index in [2.05, 4.69) is 62.0 Å². The fourth-order valence-electron chi connectivity index (χ4n) is 3.11. The van der Waals surface area contributed by atoms with Crippen molar-refractivity contribution < 1.29 is 9.26 Å². The lowest BCUT2D eigenvalue weighted by Crippen LogP contribution is -2.48. The molecule has 2 atom stereocenters. The Labute approximate surface area is 164 Å².